The van der Waals surface area contributed by atoms with Gasteiger partial charge in [-0.05, 0) is 48.2 Å². The molecular weight excluding hydrogens is 478 g/mol. The number of para-hydroxylation sites is 1. The number of hydrogen-bond donors (Lipinski definition) is 6. The molecule has 8 nitrogen and oxygen atoms in total. The van der Waals surface area contributed by atoms with Crippen molar-refractivity contribution in [3.8, 4) is 11.5 Å². The van der Waals surface area contributed by atoms with Crippen molar-refractivity contribution >= 4 is 21.6 Å². The number of hydrogen-bond acceptors (Lipinski definition) is 8. The molecule has 0 fully saturated rings. The molecule has 0 unspecified atom stereocenters. The molecular formula is C27H31N3O5S. The third-order valence-corrected chi connectivity index (χ3v) is 6.95. The number of H-pyrrole nitrogens is 1. The van der Waals surface area contributed by atoms with E-state index in [2.05, 4.69) is 27.8 Å². The minimum atomic E-state index is -2.16. The van der Waals surface area contributed by atoms with Crippen LogP contribution < -0.4 is 20.2 Å². The molecule has 0 aliphatic rings. The number of thiazole rings is 1. The molecule has 1 heterocycles. The Hall–Kier alpha value is -3.21. The van der Waals surface area contributed by atoms with Gasteiger partial charge in [0.1, 0.15) is 17.0 Å². The van der Waals surface area contributed by atoms with Crippen molar-refractivity contribution in [2.45, 2.75) is 31.7 Å². The van der Waals surface area contributed by atoms with Gasteiger partial charge < -0.3 is 30.4 Å². The van der Waals surface area contributed by atoms with Gasteiger partial charge in [0.15, 0.2) is 0 Å². The van der Waals surface area contributed by atoms with Crippen molar-refractivity contribution < 1.29 is 20.1 Å². The van der Waals surface area contributed by atoms with Crippen molar-refractivity contribution in [1.29, 1.82) is 0 Å². The number of aromatic nitrogens is 1. The van der Waals surface area contributed by atoms with Gasteiger partial charge in [0.25, 0.3) is 0 Å². The predicted molar refractivity (Wildman–Crippen MR) is 142 cm³/mol. The smallest absolute Gasteiger partial charge is 0.305 e. The van der Waals surface area contributed by atoms with Crippen LogP contribution in [0.25, 0.3) is 10.2 Å². The summed E-state index contributed by atoms with van der Waals surface area (Å²) in [6.45, 7) is 1.91. The molecule has 0 bridgehead atoms. The summed E-state index contributed by atoms with van der Waals surface area (Å²) in [5.74, 6) is -1.32. The van der Waals surface area contributed by atoms with Crippen LogP contribution in [0.1, 0.15) is 22.3 Å². The second-order valence-corrected chi connectivity index (χ2v) is 9.67. The Morgan fingerprint density at radius 3 is 2.50 bits per heavy atom. The molecule has 0 spiro atoms. The zero-order valence-corrected chi connectivity index (χ0v) is 20.9. The van der Waals surface area contributed by atoms with Crippen LogP contribution in [-0.2, 0) is 25.8 Å². The van der Waals surface area contributed by atoms with Gasteiger partial charge in [-0.2, -0.15) is 0 Å². The van der Waals surface area contributed by atoms with E-state index in [-0.39, 0.29) is 17.0 Å². The van der Waals surface area contributed by atoms with E-state index in [9.17, 15) is 20.1 Å². The summed E-state index contributed by atoms with van der Waals surface area (Å²) in [7, 11) is 1.68. The van der Waals surface area contributed by atoms with Gasteiger partial charge in [-0.3, -0.25) is 10.1 Å². The molecule has 0 atom stereocenters. The summed E-state index contributed by atoms with van der Waals surface area (Å²) in [5, 5.41) is 37.1. The van der Waals surface area contributed by atoms with Crippen LogP contribution in [0.15, 0.2) is 65.5 Å². The maximum absolute atomic E-state index is 11.7. The fourth-order valence-corrected chi connectivity index (χ4v) is 5.06. The number of methoxy groups -OCH3 is 1. The van der Waals surface area contributed by atoms with Gasteiger partial charge in [0.2, 0.25) is 5.91 Å². The van der Waals surface area contributed by atoms with Crippen molar-refractivity contribution in [2.75, 3.05) is 20.2 Å². The number of phenols is 1. The molecule has 0 amide bonds. The molecule has 6 N–H and O–H groups in total. The van der Waals surface area contributed by atoms with Crippen molar-refractivity contribution in [1.82, 2.24) is 15.6 Å². The van der Waals surface area contributed by atoms with Crippen LogP contribution in [0.2, 0.25) is 0 Å². The predicted octanol–water partition coefficient (Wildman–Crippen LogP) is 2.65. The largest absolute Gasteiger partial charge is 0.506 e. The van der Waals surface area contributed by atoms with Crippen molar-refractivity contribution in [3.63, 3.8) is 0 Å². The fourth-order valence-electron chi connectivity index (χ4n) is 4.19. The number of aliphatic hydroxyl groups is 2. The van der Waals surface area contributed by atoms with Gasteiger partial charge in [-0.15, -0.1) is 0 Å². The van der Waals surface area contributed by atoms with Gasteiger partial charge in [0.05, 0.1) is 11.8 Å². The van der Waals surface area contributed by atoms with Gasteiger partial charge in [-0.1, -0.05) is 59.9 Å². The molecule has 0 saturated heterocycles. The molecule has 3 aromatic carbocycles. The first-order valence-electron chi connectivity index (χ1n) is 11.8. The van der Waals surface area contributed by atoms with E-state index in [4.69, 9.17) is 4.74 Å². The van der Waals surface area contributed by atoms with Crippen LogP contribution in [0.5, 0.6) is 11.5 Å². The Kier molecular flexibility index (Phi) is 8.40. The maximum atomic E-state index is 11.7. The Morgan fingerprint density at radius 1 is 0.972 bits per heavy atom. The number of phenolic OH excluding ortho intramolecular Hbond substituents is 1. The van der Waals surface area contributed by atoms with Crippen LogP contribution >= 0.6 is 11.3 Å². The average molecular weight is 510 g/mol. The monoisotopic (exact) mass is 509 g/mol. The quantitative estimate of drug-likeness (QED) is 0.128. The van der Waals surface area contributed by atoms with Gasteiger partial charge >= 0.3 is 4.87 Å². The van der Waals surface area contributed by atoms with Crippen molar-refractivity contribution in [2.24, 2.45) is 0 Å². The minimum absolute atomic E-state index is 0.0450. The highest BCUT2D eigenvalue weighted by Crippen LogP contribution is 2.29. The second-order valence-electron chi connectivity index (χ2n) is 8.69. The summed E-state index contributed by atoms with van der Waals surface area (Å²) >= 11 is 0.932. The normalized spacial score (nSPS) is 11.8. The zero-order valence-electron chi connectivity index (χ0n) is 20.1. The maximum Gasteiger partial charge on any atom is 0.305 e. The van der Waals surface area contributed by atoms with E-state index in [1.165, 1.54) is 11.6 Å². The molecule has 4 rings (SSSR count). The lowest BCUT2D eigenvalue weighted by Crippen LogP contribution is -2.47. The van der Waals surface area contributed by atoms with E-state index in [1.807, 2.05) is 36.4 Å². The number of rotatable bonds is 12. The van der Waals surface area contributed by atoms with Crippen molar-refractivity contribution in [3.05, 3.63) is 92.6 Å². The summed E-state index contributed by atoms with van der Waals surface area (Å²) < 4.78 is 5.91. The average Bonchev–Trinajstić information content (AvgIpc) is 3.27. The number of benzene rings is 3. The number of nitrogens with one attached hydrogen (secondary N) is 3. The third kappa shape index (κ3) is 6.71. The summed E-state index contributed by atoms with van der Waals surface area (Å²) in [5.41, 5.74) is 4.29. The molecule has 36 heavy (non-hydrogen) atoms. The Balaban J connectivity index is 1.26. The van der Waals surface area contributed by atoms with Crippen LogP contribution in [0.4, 0.5) is 0 Å². The lowest BCUT2D eigenvalue weighted by Gasteiger charge is -2.23. The molecule has 190 valence electrons. The minimum Gasteiger partial charge on any atom is -0.506 e. The first-order chi connectivity index (χ1) is 17.3. The lowest BCUT2D eigenvalue weighted by molar-refractivity contribution is -0.183. The third-order valence-electron chi connectivity index (χ3n) is 5.99. The summed E-state index contributed by atoms with van der Waals surface area (Å²) in [6.07, 6.45) is 1.36. The number of aromatic amines is 1. The SMILES string of the molecule is COc1ccccc1CNCCc1cccc(CCNC(O)(O)Cc2ccc(O)c3[nH]c(=O)sc23)c1. The van der Waals surface area contributed by atoms with E-state index in [0.717, 1.165) is 47.7 Å². The van der Waals surface area contributed by atoms with Crippen LogP contribution in [-0.4, -0.2) is 46.4 Å². The Morgan fingerprint density at radius 2 is 1.72 bits per heavy atom. The van der Waals surface area contributed by atoms with Crippen LogP contribution in [0, 0.1) is 0 Å². The molecule has 9 heteroatoms. The first kappa shape index (κ1) is 25.9. The Labute approximate surface area is 213 Å². The number of fused-ring (bicyclic) bond motifs is 1. The fraction of sp³-hybridized carbons (Fsp3) is 0.296. The highest BCUT2D eigenvalue weighted by atomic mass is 32.1. The van der Waals surface area contributed by atoms with E-state index in [1.54, 1.807) is 13.2 Å². The molecule has 0 saturated carbocycles. The first-order valence-corrected chi connectivity index (χ1v) is 12.6. The van der Waals surface area contributed by atoms with E-state index in [0.29, 0.717) is 28.7 Å². The molecule has 4 aromatic rings. The second kappa shape index (κ2) is 11.7. The molecule has 1 aromatic heterocycles. The Bertz CT molecular complexity index is 1370. The van der Waals surface area contributed by atoms with E-state index >= 15 is 0 Å². The summed E-state index contributed by atoms with van der Waals surface area (Å²) in [6, 6.07) is 19.2. The topological polar surface area (TPSA) is 127 Å². The van der Waals surface area contributed by atoms with Crippen LogP contribution in [0.3, 0.4) is 0 Å². The highest BCUT2D eigenvalue weighted by Gasteiger charge is 2.25. The highest BCUT2D eigenvalue weighted by molar-refractivity contribution is 7.16. The molecule has 0 aliphatic heterocycles. The number of aromatic hydroxyl groups is 1. The van der Waals surface area contributed by atoms with Gasteiger partial charge in [0, 0.05) is 25.1 Å². The zero-order chi connectivity index (χ0) is 25.5. The number of ether oxygens (including phenoxy) is 1. The molecule has 0 radical (unpaired) electrons. The lowest BCUT2D eigenvalue weighted by atomic mass is 10.1. The molecule has 0 aliphatic carbocycles. The summed E-state index contributed by atoms with van der Waals surface area (Å²) in [4.78, 5) is 14.0. The van der Waals surface area contributed by atoms with E-state index < -0.39 is 5.91 Å². The standard InChI is InChI=1S/C27H31N3O5S/c1-35-23-8-3-2-7-21(23)17-28-13-11-18-5-4-6-19(15-18)12-14-29-27(33,34)16-20-9-10-22(31)24-25(20)36-26(32)30-24/h2-10,15,28-29,31,33-34H,11-14,16-17H2,1H3,(H,30,32). The van der Waals surface area contributed by atoms with Gasteiger partial charge in [-0.25, -0.2) is 0 Å².